The number of sulfonamides is 1. The first-order valence-corrected chi connectivity index (χ1v) is 10.9. The summed E-state index contributed by atoms with van der Waals surface area (Å²) in [6.45, 7) is 5.32. The summed E-state index contributed by atoms with van der Waals surface area (Å²) in [5.41, 5.74) is 0.161. The summed E-state index contributed by atoms with van der Waals surface area (Å²) in [7, 11) is -3.55. The number of hydrogen-bond donors (Lipinski definition) is 1. The van der Waals surface area contributed by atoms with Crippen molar-refractivity contribution in [2.24, 2.45) is 11.3 Å². The van der Waals surface area contributed by atoms with Crippen LogP contribution in [-0.2, 0) is 25.4 Å². The zero-order valence-electron chi connectivity index (χ0n) is 15.8. The lowest BCUT2D eigenvalue weighted by Gasteiger charge is -2.33. The summed E-state index contributed by atoms with van der Waals surface area (Å²) in [5.74, 6) is -0.339. The smallest absolute Gasteiger partial charge is 0.225 e. The van der Waals surface area contributed by atoms with Crippen LogP contribution in [-0.4, -0.2) is 62.2 Å². The summed E-state index contributed by atoms with van der Waals surface area (Å²) >= 11 is 0. The zero-order chi connectivity index (χ0) is 19.7. The molecule has 1 spiro atoms. The lowest BCUT2D eigenvalue weighted by Crippen LogP contribution is -2.45. The highest BCUT2D eigenvalue weighted by molar-refractivity contribution is 7.88. The fourth-order valence-electron chi connectivity index (χ4n) is 3.86. The maximum atomic E-state index is 13.1. The molecule has 1 atom stereocenters. The van der Waals surface area contributed by atoms with Crippen LogP contribution in [0.15, 0.2) is 30.3 Å². The van der Waals surface area contributed by atoms with Gasteiger partial charge in [0.2, 0.25) is 21.8 Å². The second-order valence-corrected chi connectivity index (χ2v) is 9.91. The topological polar surface area (TPSA) is 86.8 Å². The van der Waals surface area contributed by atoms with Crippen LogP contribution in [0, 0.1) is 11.3 Å². The molecule has 3 rings (SSSR count). The normalized spacial score (nSPS) is 24.3. The molecule has 0 aromatic heterocycles. The fourth-order valence-corrected chi connectivity index (χ4v) is 5.49. The van der Waals surface area contributed by atoms with E-state index in [1.54, 1.807) is 17.0 Å². The van der Waals surface area contributed by atoms with Crippen LogP contribution in [0.25, 0.3) is 0 Å². The maximum Gasteiger partial charge on any atom is 0.225 e. The van der Waals surface area contributed by atoms with E-state index in [0.717, 1.165) is 5.56 Å². The van der Waals surface area contributed by atoms with E-state index < -0.39 is 15.4 Å². The Bertz CT molecular complexity index is 810. The minimum atomic E-state index is -3.55. The monoisotopic (exact) mass is 393 g/mol. The van der Waals surface area contributed by atoms with Gasteiger partial charge in [-0.15, -0.1) is 0 Å². The van der Waals surface area contributed by atoms with E-state index in [1.165, 1.54) is 4.31 Å². The molecule has 2 aliphatic heterocycles. The van der Waals surface area contributed by atoms with Gasteiger partial charge in [0, 0.05) is 50.5 Å². The minimum absolute atomic E-state index is 0.00367. The average Bonchev–Trinajstić information content (AvgIpc) is 2.85. The zero-order valence-corrected chi connectivity index (χ0v) is 16.7. The molecule has 2 aliphatic rings. The second-order valence-electron chi connectivity index (χ2n) is 7.94. The molecule has 0 bridgehead atoms. The predicted molar refractivity (Wildman–Crippen MR) is 102 cm³/mol. The van der Waals surface area contributed by atoms with Gasteiger partial charge in [-0.2, -0.15) is 4.31 Å². The van der Waals surface area contributed by atoms with Crippen molar-refractivity contribution < 1.29 is 18.0 Å². The molecule has 1 aromatic rings. The second kappa shape index (κ2) is 7.59. The fraction of sp³-hybridized carbons (Fsp3) is 0.579. The summed E-state index contributed by atoms with van der Waals surface area (Å²) in [5, 5.41) is 2.82. The summed E-state index contributed by atoms with van der Waals surface area (Å²) in [6.07, 6.45) is 0.242. The van der Waals surface area contributed by atoms with Gasteiger partial charge in [-0.1, -0.05) is 44.2 Å². The van der Waals surface area contributed by atoms with Crippen LogP contribution in [0.5, 0.6) is 0 Å². The molecule has 0 saturated carbocycles. The first kappa shape index (κ1) is 19.8. The van der Waals surface area contributed by atoms with Gasteiger partial charge in [-0.25, -0.2) is 8.42 Å². The number of hydrogen-bond acceptors (Lipinski definition) is 4. The van der Waals surface area contributed by atoms with Gasteiger partial charge in [-0.05, 0) is 5.56 Å². The average molecular weight is 394 g/mol. The van der Waals surface area contributed by atoms with E-state index in [4.69, 9.17) is 0 Å². The van der Waals surface area contributed by atoms with Crippen molar-refractivity contribution in [1.29, 1.82) is 0 Å². The quantitative estimate of drug-likeness (QED) is 0.821. The van der Waals surface area contributed by atoms with Gasteiger partial charge < -0.3 is 10.2 Å². The first-order chi connectivity index (χ1) is 12.7. The van der Waals surface area contributed by atoms with Crippen LogP contribution < -0.4 is 5.32 Å². The van der Waals surface area contributed by atoms with E-state index >= 15 is 0 Å². The molecule has 2 fully saturated rings. The molecule has 27 heavy (non-hydrogen) atoms. The standard InChI is InChI=1S/C19H27N3O4S/c1-15(2)18(24)21-8-9-22(14-19(13-21)10-17(23)20-12-19)27(25,26)11-16-6-4-3-5-7-16/h3-7,15H,8-14H2,1-2H3,(H,20,23). The number of amides is 2. The molecular weight excluding hydrogens is 366 g/mol. The third-order valence-electron chi connectivity index (χ3n) is 5.24. The summed E-state index contributed by atoms with van der Waals surface area (Å²) in [6, 6.07) is 9.07. The van der Waals surface area contributed by atoms with E-state index in [9.17, 15) is 18.0 Å². The largest absolute Gasteiger partial charge is 0.355 e. The van der Waals surface area contributed by atoms with Crippen LogP contribution in [0.3, 0.4) is 0 Å². The van der Waals surface area contributed by atoms with E-state index in [1.807, 2.05) is 32.0 Å². The van der Waals surface area contributed by atoms with Crippen molar-refractivity contribution in [3.8, 4) is 0 Å². The third kappa shape index (κ3) is 4.50. The van der Waals surface area contributed by atoms with Crippen molar-refractivity contribution in [2.75, 3.05) is 32.7 Å². The number of nitrogens with zero attached hydrogens (tertiary/aromatic N) is 2. The van der Waals surface area contributed by atoms with Gasteiger partial charge in [-0.3, -0.25) is 9.59 Å². The van der Waals surface area contributed by atoms with Crippen molar-refractivity contribution in [3.63, 3.8) is 0 Å². The molecule has 1 aromatic carbocycles. The van der Waals surface area contributed by atoms with Crippen molar-refractivity contribution in [1.82, 2.24) is 14.5 Å². The molecule has 1 N–H and O–H groups in total. The number of nitrogens with one attached hydrogen (secondary N) is 1. The number of benzene rings is 1. The van der Waals surface area contributed by atoms with Crippen LogP contribution >= 0.6 is 0 Å². The summed E-state index contributed by atoms with van der Waals surface area (Å²) < 4.78 is 27.6. The Morgan fingerprint density at radius 2 is 1.89 bits per heavy atom. The Morgan fingerprint density at radius 1 is 1.19 bits per heavy atom. The number of rotatable bonds is 4. The molecule has 0 aliphatic carbocycles. The van der Waals surface area contributed by atoms with Crippen molar-refractivity contribution >= 4 is 21.8 Å². The SMILES string of the molecule is CC(C)C(=O)N1CCN(S(=O)(=O)Cc2ccccc2)CC2(CNC(=O)C2)C1. The van der Waals surface area contributed by atoms with Crippen LogP contribution in [0.1, 0.15) is 25.8 Å². The van der Waals surface area contributed by atoms with Crippen molar-refractivity contribution in [3.05, 3.63) is 35.9 Å². The molecule has 8 heteroatoms. The van der Waals surface area contributed by atoms with Crippen molar-refractivity contribution in [2.45, 2.75) is 26.0 Å². The molecule has 148 valence electrons. The number of carbonyl (C=O) groups is 2. The highest BCUT2D eigenvalue weighted by Gasteiger charge is 2.46. The number of carbonyl (C=O) groups excluding carboxylic acids is 2. The maximum absolute atomic E-state index is 13.1. The predicted octanol–water partition coefficient (Wildman–Crippen LogP) is 0.823. The van der Waals surface area contributed by atoms with E-state index in [-0.39, 0.29) is 43.0 Å². The Labute approximate surface area is 160 Å². The lowest BCUT2D eigenvalue weighted by molar-refractivity contribution is -0.135. The van der Waals surface area contributed by atoms with Gasteiger partial charge in [0.25, 0.3) is 0 Å². The van der Waals surface area contributed by atoms with Crippen LogP contribution in [0.4, 0.5) is 0 Å². The Morgan fingerprint density at radius 3 is 2.48 bits per heavy atom. The minimum Gasteiger partial charge on any atom is -0.355 e. The Hall–Kier alpha value is -1.93. The molecule has 2 heterocycles. The lowest BCUT2D eigenvalue weighted by atomic mass is 9.86. The first-order valence-electron chi connectivity index (χ1n) is 9.28. The molecular formula is C19H27N3O4S. The summed E-state index contributed by atoms with van der Waals surface area (Å²) in [4.78, 5) is 26.2. The molecule has 2 saturated heterocycles. The van der Waals surface area contributed by atoms with Crippen LogP contribution in [0.2, 0.25) is 0 Å². The van der Waals surface area contributed by atoms with Gasteiger partial charge in [0.15, 0.2) is 0 Å². The van der Waals surface area contributed by atoms with Gasteiger partial charge in [0.05, 0.1) is 5.75 Å². The van der Waals surface area contributed by atoms with E-state index in [2.05, 4.69) is 5.32 Å². The molecule has 1 unspecified atom stereocenters. The van der Waals surface area contributed by atoms with Gasteiger partial charge in [0.1, 0.15) is 0 Å². The Kier molecular flexibility index (Phi) is 5.58. The molecule has 0 radical (unpaired) electrons. The van der Waals surface area contributed by atoms with E-state index in [0.29, 0.717) is 19.6 Å². The highest BCUT2D eigenvalue weighted by atomic mass is 32.2. The molecule has 7 nitrogen and oxygen atoms in total. The Balaban J connectivity index is 1.86. The third-order valence-corrected chi connectivity index (χ3v) is 7.04. The highest BCUT2D eigenvalue weighted by Crippen LogP contribution is 2.32. The molecule has 2 amide bonds. The van der Waals surface area contributed by atoms with Gasteiger partial charge >= 0.3 is 0 Å².